The molecule has 0 spiro atoms. The number of alkyl halides is 3. The molecule has 1 saturated heterocycles. The third kappa shape index (κ3) is 5.73. The minimum Gasteiger partial charge on any atom is -0.406 e. The van der Waals surface area contributed by atoms with Crippen molar-refractivity contribution in [2.45, 2.75) is 45.7 Å². The number of anilines is 2. The van der Waals surface area contributed by atoms with E-state index in [0.717, 1.165) is 29.5 Å². The molecule has 8 heteroatoms. The average Bonchev–Trinajstić information content (AvgIpc) is 2.66. The van der Waals surface area contributed by atoms with E-state index in [0.29, 0.717) is 31.1 Å². The standard InChI is InChI=1S/C22H26F3N3O2/c1-3-5-15(4-2)20-16(12-28-13-18(29)14-28)10-11-26-21(20)27-17-6-8-19(9-7-17)30-22(23,24)25/h5-11,18,29H,3-4,12-14H2,1-2H3,(H,26,27)/b15-5+. The Balaban J connectivity index is 1.88. The number of hydrogen-bond donors (Lipinski definition) is 2. The SMILES string of the molecule is CC/C=C(\CC)c1c(CN2CC(O)C2)ccnc1Nc1ccc(OC(F)(F)F)cc1. The fraction of sp³-hybridized carbons (Fsp3) is 0.409. The fourth-order valence-electron chi connectivity index (χ4n) is 3.55. The summed E-state index contributed by atoms with van der Waals surface area (Å²) in [4.78, 5) is 6.67. The molecule has 0 radical (unpaired) electrons. The summed E-state index contributed by atoms with van der Waals surface area (Å²) in [6, 6.07) is 7.57. The second-order valence-corrected chi connectivity index (χ2v) is 7.23. The first-order chi connectivity index (χ1) is 14.3. The van der Waals surface area contributed by atoms with Gasteiger partial charge in [-0.05, 0) is 54.3 Å². The lowest BCUT2D eigenvalue weighted by Gasteiger charge is -2.36. The van der Waals surface area contributed by atoms with Crippen LogP contribution in [-0.2, 0) is 6.54 Å². The van der Waals surface area contributed by atoms with E-state index in [4.69, 9.17) is 0 Å². The Morgan fingerprint density at radius 2 is 1.93 bits per heavy atom. The van der Waals surface area contributed by atoms with Gasteiger partial charge in [-0.15, -0.1) is 13.2 Å². The number of pyridine rings is 1. The Kier molecular flexibility index (Phi) is 6.99. The van der Waals surface area contributed by atoms with Crippen molar-refractivity contribution in [3.8, 4) is 5.75 Å². The van der Waals surface area contributed by atoms with Crippen molar-refractivity contribution in [2.24, 2.45) is 0 Å². The van der Waals surface area contributed by atoms with Crippen LogP contribution in [-0.4, -0.2) is 40.5 Å². The highest BCUT2D eigenvalue weighted by Gasteiger charge is 2.31. The van der Waals surface area contributed by atoms with Crippen LogP contribution in [0.5, 0.6) is 5.75 Å². The fourth-order valence-corrected chi connectivity index (χ4v) is 3.55. The van der Waals surface area contributed by atoms with Gasteiger partial charge in [0.2, 0.25) is 0 Å². The van der Waals surface area contributed by atoms with Gasteiger partial charge in [0.1, 0.15) is 11.6 Å². The highest BCUT2D eigenvalue weighted by molar-refractivity contribution is 5.79. The molecule has 1 aliphatic heterocycles. The number of aliphatic hydroxyl groups is 1. The number of β-amino-alcohol motifs (C(OH)–C–C–N with tert-alkyl or cyclic N) is 1. The Labute approximate surface area is 174 Å². The summed E-state index contributed by atoms with van der Waals surface area (Å²) in [5.74, 6) is 0.381. The van der Waals surface area contributed by atoms with Gasteiger partial charge in [-0.3, -0.25) is 4.90 Å². The van der Waals surface area contributed by atoms with Crippen LogP contribution >= 0.6 is 0 Å². The molecule has 1 fully saturated rings. The molecule has 3 rings (SSSR count). The van der Waals surface area contributed by atoms with Crippen LogP contribution in [0.1, 0.15) is 37.8 Å². The minimum atomic E-state index is -4.72. The second-order valence-electron chi connectivity index (χ2n) is 7.23. The van der Waals surface area contributed by atoms with E-state index >= 15 is 0 Å². The minimum absolute atomic E-state index is 0.272. The molecule has 5 nitrogen and oxygen atoms in total. The zero-order chi connectivity index (χ0) is 21.7. The van der Waals surface area contributed by atoms with E-state index in [2.05, 4.69) is 39.9 Å². The lowest BCUT2D eigenvalue weighted by molar-refractivity contribution is -0.274. The van der Waals surface area contributed by atoms with Crippen LogP contribution in [0.2, 0.25) is 0 Å². The summed E-state index contributed by atoms with van der Waals surface area (Å²) in [7, 11) is 0. The molecular weight excluding hydrogens is 395 g/mol. The van der Waals surface area contributed by atoms with E-state index in [9.17, 15) is 18.3 Å². The molecule has 2 aromatic rings. The first-order valence-electron chi connectivity index (χ1n) is 9.99. The second kappa shape index (κ2) is 9.49. The number of halogens is 3. The predicted molar refractivity (Wildman–Crippen MR) is 110 cm³/mol. The van der Waals surface area contributed by atoms with Gasteiger partial charge in [0.15, 0.2) is 0 Å². The third-order valence-corrected chi connectivity index (χ3v) is 4.87. The molecule has 1 aliphatic rings. The molecule has 2 N–H and O–H groups in total. The number of rotatable bonds is 8. The number of allylic oxidation sites excluding steroid dienone is 2. The quantitative estimate of drug-likeness (QED) is 0.621. The van der Waals surface area contributed by atoms with Gasteiger partial charge >= 0.3 is 6.36 Å². The number of aliphatic hydroxyl groups excluding tert-OH is 1. The molecule has 0 unspecified atom stereocenters. The number of benzene rings is 1. The van der Waals surface area contributed by atoms with Gasteiger partial charge in [0.05, 0.1) is 6.10 Å². The van der Waals surface area contributed by atoms with Crippen LogP contribution in [0.15, 0.2) is 42.6 Å². The Bertz CT molecular complexity index is 876. The smallest absolute Gasteiger partial charge is 0.406 e. The van der Waals surface area contributed by atoms with Crippen molar-refractivity contribution in [1.82, 2.24) is 9.88 Å². The molecule has 30 heavy (non-hydrogen) atoms. The zero-order valence-electron chi connectivity index (χ0n) is 17.0. The van der Waals surface area contributed by atoms with Crippen LogP contribution < -0.4 is 10.1 Å². The van der Waals surface area contributed by atoms with Crippen molar-refractivity contribution >= 4 is 17.1 Å². The Hall–Kier alpha value is -2.58. The van der Waals surface area contributed by atoms with Crippen LogP contribution in [0.25, 0.3) is 5.57 Å². The Morgan fingerprint density at radius 1 is 1.23 bits per heavy atom. The molecule has 2 heterocycles. The van der Waals surface area contributed by atoms with Gasteiger partial charge < -0.3 is 15.2 Å². The number of hydrogen-bond acceptors (Lipinski definition) is 5. The van der Waals surface area contributed by atoms with Crippen LogP contribution in [0.4, 0.5) is 24.7 Å². The lowest BCUT2D eigenvalue weighted by atomic mass is 9.96. The van der Waals surface area contributed by atoms with E-state index in [-0.39, 0.29) is 11.9 Å². The summed E-state index contributed by atoms with van der Waals surface area (Å²) in [5.41, 5.74) is 3.86. The van der Waals surface area contributed by atoms with E-state index < -0.39 is 6.36 Å². The van der Waals surface area contributed by atoms with Gasteiger partial charge in [-0.25, -0.2) is 4.98 Å². The molecule has 0 atom stereocenters. The molecule has 1 aromatic carbocycles. The highest BCUT2D eigenvalue weighted by Crippen LogP contribution is 2.33. The van der Waals surface area contributed by atoms with Gasteiger partial charge in [0, 0.05) is 37.1 Å². The predicted octanol–water partition coefficient (Wildman–Crippen LogP) is 5.10. The van der Waals surface area contributed by atoms with E-state index in [1.54, 1.807) is 6.20 Å². The monoisotopic (exact) mass is 421 g/mol. The molecule has 0 bridgehead atoms. The molecule has 162 valence electrons. The maximum atomic E-state index is 12.4. The van der Waals surface area contributed by atoms with Crippen molar-refractivity contribution in [3.63, 3.8) is 0 Å². The largest absolute Gasteiger partial charge is 0.573 e. The van der Waals surface area contributed by atoms with E-state index in [1.807, 2.05) is 6.07 Å². The maximum Gasteiger partial charge on any atom is 0.573 e. The third-order valence-electron chi connectivity index (χ3n) is 4.87. The van der Waals surface area contributed by atoms with E-state index in [1.165, 1.54) is 24.3 Å². The summed E-state index contributed by atoms with van der Waals surface area (Å²) < 4.78 is 41.1. The summed E-state index contributed by atoms with van der Waals surface area (Å²) >= 11 is 0. The average molecular weight is 421 g/mol. The number of nitrogens with zero attached hydrogens (tertiary/aromatic N) is 2. The normalized spacial score (nSPS) is 15.7. The topological polar surface area (TPSA) is 57.6 Å². The van der Waals surface area contributed by atoms with Crippen molar-refractivity contribution in [2.75, 3.05) is 18.4 Å². The number of likely N-dealkylation sites (tertiary alicyclic amines) is 1. The summed E-state index contributed by atoms with van der Waals surface area (Å²) in [5, 5.41) is 12.8. The maximum absolute atomic E-state index is 12.4. The van der Waals surface area contributed by atoms with Crippen molar-refractivity contribution in [3.05, 3.63) is 53.7 Å². The van der Waals surface area contributed by atoms with Gasteiger partial charge in [0.25, 0.3) is 0 Å². The molecular formula is C22H26F3N3O2. The van der Waals surface area contributed by atoms with Gasteiger partial charge in [-0.2, -0.15) is 0 Å². The molecule has 1 aromatic heterocycles. The summed E-state index contributed by atoms with van der Waals surface area (Å²) in [6.45, 7) is 6.14. The Morgan fingerprint density at radius 3 is 2.50 bits per heavy atom. The summed E-state index contributed by atoms with van der Waals surface area (Å²) in [6.07, 6.45) is 0.588. The van der Waals surface area contributed by atoms with Crippen molar-refractivity contribution in [1.29, 1.82) is 0 Å². The number of nitrogens with one attached hydrogen (secondary N) is 1. The highest BCUT2D eigenvalue weighted by atomic mass is 19.4. The number of ether oxygens (including phenoxy) is 1. The van der Waals surface area contributed by atoms with Gasteiger partial charge in [-0.1, -0.05) is 19.9 Å². The van der Waals surface area contributed by atoms with Crippen molar-refractivity contribution < 1.29 is 23.0 Å². The number of aromatic nitrogens is 1. The lowest BCUT2D eigenvalue weighted by Crippen LogP contribution is -2.49. The van der Waals surface area contributed by atoms with Crippen LogP contribution in [0, 0.1) is 0 Å². The zero-order valence-corrected chi connectivity index (χ0v) is 17.0. The molecule has 0 aliphatic carbocycles. The molecule has 0 saturated carbocycles. The van der Waals surface area contributed by atoms with Crippen LogP contribution in [0.3, 0.4) is 0 Å². The molecule has 0 amide bonds. The first kappa shape index (κ1) is 22.1. The first-order valence-corrected chi connectivity index (χ1v) is 9.99.